The van der Waals surface area contributed by atoms with Gasteiger partial charge in [0.05, 0.1) is 6.54 Å². The van der Waals surface area contributed by atoms with Crippen molar-refractivity contribution in [2.24, 2.45) is 0 Å². The third-order valence-corrected chi connectivity index (χ3v) is 1.49. The van der Waals surface area contributed by atoms with Gasteiger partial charge in [-0.05, 0) is 0 Å². The van der Waals surface area contributed by atoms with E-state index in [9.17, 15) is 19.6 Å². The van der Waals surface area contributed by atoms with Crippen LogP contribution in [-0.4, -0.2) is 39.6 Å². The maximum atomic E-state index is 11.0. The Morgan fingerprint density at radius 2 is 1.85 bits per heavy atom. The summed E-state index contributed by atoms with van der Waals surface area (Å²) in [7, 11) is 0. The van der Waals surface area contributed by atoms with E-state index < -0.39 is 24.3 Å². The van der Waals surface area contributed by atoms with Gasteiger partial charge < -0.3 is 5.21 Å². The van der Waals surface area contributed by atoms with E-state index in [-0.39, 0.29) is 5.17 Å². The summed E-state index contributed by atoms with van der Waals surface area (Å²) < 4.78 is 0. The first-order chi connectivity index (χ1) is 5.95. The summed E-state index contributed by atoms with van der Waals surface area (Å²) >= 11 is 0. The molecule has 0 aromatic carbocycles. The fraction of sp³-hybridized carbons (Fsp3) is 0.500. The lowest BCUT2D eigenvalue weighted by atomic mass is 10.5. The number of amides is 3. The molecule has 72 valence electrons. The van der Waals surface area contributed by atoms with E-state index in [0.717, 1.165) is 13.8 Å². The zero-order valence-corrected chi connectivity index (χ0v) is 7.18. The minimum Gasteiger partial charge on any atom is -0.765 e. The van der Waals surface area contributed by atoms with Crippen LogP contribution in [0.5, 0.6) is 0 Å². The number of rotatable bonds is 0. The highest BCUT2D eigenvalue weighted by Crippen LogP contribution is 2.12. The minimum atomic E-state index is -0.697. The van der Waals surface area contributed by atoms with E-state index in [1.54, 1.807) is 0 Å². The molecule has 0 unspecified atom stereocenters. The molecule has 1 fully saturated rings. The van der Waals surface area contributed by atoms with Gasteiger partial charge in [0, 0.05) is 13.8 Å². The Morgan fingerprint density at radius 3 is 2.15 bits per heavy atom. The summed E-state index contributed by atoms with van der Waals surface area (Å²) in [5.74, 6) is -2.02. The van der Waals surface area contributed by atoms with Gasteiger partial charge in [0.25, 0.3) is 11.8 Å². The van der Waals surface area contributed by atoms with Crippen LogP contribution in [0.2, 0.25) is 0 Å². The van der Waals surface area contributed by atoms with Crippen LogP contribution >= 0.6 is 0 Å². The Bertz CT molecular complexity index is 277. The first-order valence-electron chi connectivity index (χ1n) is 3.54. The first-order valence-corrected chi connectivity index (χ1v) is 3.54. The molecule has 0 spiro atoms. The molecule has 0 atom stereocenters. The van der Waals surface area contributed by atoms with Crippen LogP contribution in [0.1, 0.15) is 13.8 Å². The third kappa shape index (κ3) is 1.51. The van der Waals surface area contributed by atoms with Crippen LogP contribution < -0.4 is 0 Å². The molecule has 1 heterocycles. The Kier molecular flexibility index (Phi) is 2.30. The molecule has 0 radical (unpaired) electrons. The summed E-state index contributed by atoms with van der Waals surface area (Å²) in [4.78, 5) is 32.7. The van der Waals surface area contributed by atoms with Crippen LogP contribution in [0.4, 0.5) is 0 Å². The van der Waals surface area contributed by atoms with E-state index in [1.807, 2.05) is 0 Å². The van der Waals surface area contributed by atoms with Crippen LogP contribution in [0.3, 0.4) is 0 Å². The molecule has 0 aromatic heterocycles. The average Bonchev–Trinajstić information content (AvgIpc) is 2.24. The molecule has 7 heteroatoms. The number of hydrogen-bond acceptors (Lipinski definition) is 5. The molecule has 13 heavy (non-hydrogen) atoms. The van der Waals surface area contributed by atoms with E-state index in [1.165, 1.54) is 0 Å². The van der Waals surface area contributed by atoms with E-state index in [2.05, 4.69) is 0 Å². The second kappa shape index (κ2) is 3.11. The van der Waals surface area contributed by atoms with Gasteiger partial charge in [-0.3, -0.25) is 19.6 Å². The third-order valence-electron chi connectivity index (χ3n) is 1.49. The van der Waals surface area contributed by atoms with Gasteiger partial charge in [-0.15, -0.1) is 0 Å². The van der Waals surface area contributed by atoms with Crippen molar-refractivity contribution < 1.29 is 14.4 Å². The molecule has 0 bridgehead atoms. The summed E-state index contributed by atoms with van der Waals surface area (Å²) in [6.45, 7) is 1.70. The number of carbonyl (C=O) groups is 3. The van der Waals surface area contributed by atoms with Gasteiger partial charge in [0.1, 0.15) is 0 Å². The quantitative estimate of drug-likeness (QED) is 0.477. The second-order valence-electron chi connectivity index (χ2n) is 2.54. The lowest BCUT2D eigenvalue weighted by Gasteiger charge is -2.33. The highest BCUT2D eigenvalue weighted by molar-refractivity contribution is 5.98. The molecule has 1 rings (SSSR count). The molecular formula is C6H8N3O4-. The smallest absolute Gasteiger partial charge is 0.264 e. The molecule has 1 aliphatic heterocycles. The molecular weight excluding hydrogens is 178 g/mol. The molecule has 7 nitrogen and oxygen atoms in total. The number of nitrogens with zero attached hydrogens (tertiary/aromatic N) is 3. The van der Waals surface area contributed by atoms with E-state index >= 15 is 0 Å². The van der Waals surface area contributed by atoms with E-state index in [0.29, 0.717) is 10.1 Å². The zero-order valence-electron chi connectivity index (χ0n) is 7.18. The molecule has 0 aliphatic carbocycles. The molecule has 0 saturated carbocycles. The lowest BCUT2D eigenvalue weighted by Crippen LogP contribution is -2.48. The van der Waals surface area contributed by atoms with Crippen molar-refractivity contribution in [2.45, 2.75) is 13.8 Å². The number of hydroxylamine groups is 1. The summed E-state index contributed by atoms with van der Waals surface area (Å²) in [5, 5.41) is 12.1. The molecule has 1 aliphatic rings. The Hall–Kier alpha value is -1.47. The van der Waals surface area contributed by atoms with Crippen molar-refractivity contribution in [3.63, 3.8) is 0 Å². The fourth-order valence-corrected chi connectivity index (χ4v) is 1.06. The van der Waals surface area contributed by atoms with Crippen molar-refractivity contribution in [1.29, 1.82) is 0 Å². The van der Waals surface area contributed by atoms with Crippen molar-refractivity contribution in [3.8, 4) is 0 Å². The van der Waals surface area contributed by atoms with Gasteiger partial charge in [0.15, 0.2) is 0 Å². The Morgan fingerprint density at radius 1 is 1.31 bits per heavy atom. The number of carbonyl (C=O) groups excluding carboxylic acids is 3. The first kappa shape index (κ1) is 9.62. The maximum absolute atomic E-state index is 11.0. The Balaban J connectivity index is 2.96. The second-order valence-corrected chi connectivity index (χ2v) is 2.54. The highest BCUT2D eigenvalue weighted by atomic mass is 16.6. The van der Waals surface area contributed by atoms with Gasteiger partial charge in [-0.25, -0.2) is 0 Å². The Labute approximate surface area is 74.0 Å². The van der Waals surface area contributed by atoms with Crippen LogP contribution in [0.15, 0.2) is 0 Å². The van der Waals surface area contributed by atoms with Crippen molar-refractivity contribution in [3.05, 3.63) is 5.21 Å². The van der Waals surface area contributed by atoms with Crippen LogP contribution in [0.25, 0.3) is 0 Å². The minimum absolute atomic E-state index is 0.145. The standard InChI is InChI=1S/C6H8N3O4/c1-4(10)8-6(12)3-7(13)9(8)5(2)11/h3H2,1-2H3/q-1. The van der Waals surface area contributed by atoms with E-state index in [4.69, 9.17) is 0 Å². The highest BCUT2D eigenvalue weighted by Gasteiger charge is 2.35. The molecule has 3 amide bonds. The predicted octanol–water partition coefficient (Wildman–Crippen LogP) is -1.15. The number of hydrogen-bond donors (Lipinski definition) is 0. The van der Waals surface area contributed by atoms with Crippen LogP contribution in [-0.2, 0) is 14.4 Å². The summed E-state index contributed by atoms with van der Waals surface area (Å²) in [5.41, 5.74) is 0. The molecule has 0 aromatic rings. The number of imide groups is 1. The largest absolute Gasteiger partial charge is 0.765 e. The SMILES string of the molecule is CC(=O)N1C(=O)CN([O-])N1C(C)=O. The summed E-state index contributed by atoms with van der Waals surface area (Å²) in [6, 6.07) is 0. The maximum Gasteiger partial charge on any atom is 0.264 e. The summed E-state index contributed by atoms with van der Waals surface area (Å²) in [6.07, 6.45) is 0. The fourth-order valence-electron chi connectivity index (χ4n) is 1.06. The van der Waals surface area contributed by atoms with Gasteiger partial charge in [0.2, 0.25) is 5.91 Å². The average molecular weight is 186 g/mol. The van der Waals surface area contributed by atoms with Gasteiger partial charge >= 0.3 is 0 Å². The van der Waals surface area contributed by atoms with Crippen molar-refractivity contribution >= 4 is 17.7 Å². The topological polar surface area (TPSA) is 84.0 Å². The monoisotopic (exact) mass is 186 g/mol. The predicted molar refractivity (Wildman–Crippen MR) is 40.1 cm³/mol. The lowest BCUT2D eigenvalue weighted by molar-refractivity contribution is -0.177. The zero-order chi connectivity index (χ0) is 10.2. The van der Waals surface area contributed by atoms with Gasteiger partial charge in [-0.1, -0.05) is 0 Å². The van der Waals surface area contributed by atoms with Crippen LogP contribution in [0, 0.1) is 5.21 Å². The van der Waals surface area contributed by atoms with Gasteiger partial charge in [-0.2, -0.15) is 10.1 Å². The van der Waals surface area contributed by atoms with Crippen molar-refractivity contribution in [2.75, 3.05) is 6.54 Å². The van der Waals surface area contributed by atoms with Crippen molar-refractivity contribution in [1.82, 2.24) is 15.3 Å². The molecule has 1 saturated heterocycles. The normalized spacial score (nSPS) is 18.2. The molecule has 0 N–H and O–H groups in total. The number of hydrazine groups is 2.